The summed E-state index contributed by atoms with van der Waals surface area (Å²) in [6.07, 6.45) is 0. The molecule has 0 aliphatic rings. The molecular weight excluding hydrogens is 296 g/mol. The Bertz CT molecular complexity index is 667. The van der Waals surface area contributed by atoms with Crippen molar-refractivity contribution in [3.05, 3.63) is 40.9 Å². The molecular formula is C15H15F2NO2S. The van der Waals surface area contributed by atoms with Gasteiger partial charge in [0.05, 0.1) is 12.3 Å². The minimum atomic E-state index is -0.936. The molecule has 0 atom stereocenters. The lowest BCUT2D eigenvalue weighted by molar-refractivity contribution is -0.148. The smallest absolute Gasteiger partial charge is 0.317 e. The van der Waals surface area contributed by atoms with E-state index in [1.807, 2.05) is 0 Å². The van der Waals surface area contributed by atoms with Crippen molar-refractivity contribution in [3.63, 3.8) is 0 Å². The normalized spacial score (nSPS) is 11.5. The number of thiazole rings is 1. The second-order valence-corrected chi connectivity index (χ2v) is 5.87. The van der Waals surface area contributed by atoms with Crippen molar-refractivity contribution in [2.24, 2.45) is 0 Å². The molecule has 0 radical (unpaired) electrons. The van der Waals surface area contributed by atoms with Crippen LogP contribution in [0.4, 0.5) is 8.78 Å². The highest BCUT2D eigenvalue weighted by Gasteiger charge is 2.34. The van der Waals surface area contributed by atoms with E-state index in [9.17, 15) is 13.6 Å². The summed E-state index contributed by atoms with van der Waals surface area (Å²) in [4.78, 5) is 16.2. The van der Waals surface area contributed by atoms with Gasteiger partial charge in [-0.25, -0.2) is 13.8 Å². The van der Waals surface area contributed by atoms with Gasteiger partial charge in [0.1, 0.15) is 22.1 Å². The first-order chi connectivity index (χ1) is 9.86. The monoisotopic (exact) mass is 311 g/mol. The van der Waals surface area contributed by atoms with Crippen molar-refractivity contribution in [2.75, 3.05) is 6.61 Å². The number of halogens is 2. The molecule has 0 N–H and O–H groups in total. The second-order valence-electron chi connectivity index (χ2n) is 5.01. The van der Waals surface area contributed by atoms with Crippen LogP contribution in [0, 0.1) is 11.6 Å². The molecule has 0 fully saturated rings. The molecule has 0 unspecified atom stereocenters. The van der Waals surface area contributed by atoms with Gasteiger partial charge in [-0.3, -0.25) is 4.79 Å². The number of nitrogens with zero attached hydrogens (tertiary/aromatic N) is 1. The third kappa shape index (κ3) is 3.10. The second kappa shape index (κ2) is 5.89. The molecule has 1 heterocycles. The SMILES string of the molecule is CCOC(=O)C(C)(C)c1csc(-c2cc(F)ccc2F)n1. The number of rotatable bonds is 4. The standard InChI is InChI=1S/C15H15F2NO2S/c1-4-20-14(19)15(2,3)12-8-21-13(18-12)10-7-9(16)5-6-11(10)17/h5-8H,4H2,1-3H3. The largest absolute Gasteiger partial charge is 0.465 e. The maximum atomic E-state index is 13.7. The zero-order chi connectivity index (χ0) is 15.6. The fourth-order valence-electron chi connectivity index (χ4n) is 1.76. The van der Waals surface area contributed by atoms with Crippen molar-refractivity contribution in [1.82, 2.24) is 4.98 Å². The van der Waals surface area contributed by atoms with Crippen LogP contribution < -0.4 is 0 Å². The Morgan fingerprint density at radius 2 is 2.10 bits per heavy atom. The van der Waals surface area contributed by atoms with Crippen LogP contribution in [-0.2, 0) is 14.9 Å². The fourth-order valence-corrected chi connectivity index (χ4v) is 2.77. The molecule has 0 saturated carbocycles. The van der Waals surface area contributed by atoms with E-state index < -0.39 is 23.0 Å². The van der Waals surface area contributed by atoms with Crippen LogP contribution in [0.5, 0.6) is 0 Å². The average Bonchev–Trinajstić information content (AvgIpc) is 2.92. The van der Waals surface area contributed by atoms with Crippen molar-refractivity contribution in [3.8, 4) is 10.6 Å². The number of esters is 1. The van der Waals surface area contributed by atoms with Gasteiger partial charge in [0.2, 0.25) is 0 Å². The van der Waals surface area contributed by atoms with Crippen LogP contribution in [0.1, 0.15) is 26.5 Å². The minimum absolute atomic E-state index is 0.0888. The Morgan fingerprint density at radius 1 is 1.38 bits per heavy atom. The topological polar surface area (TPSA) is 39.2 Å². The van der Waals surface area contributed by atoms with Crippen LogP contribution in [0.25, 0.3) is 10.6 Å². The Balaban J connectivity index is 2.38. The predicted molar refractivity (Wildman–Crippen MR) is 77.1 cm³/mol. The first-order valence-corrected chi connectivity index (χ1v) is 7.33. The Labute approximate surface area is 125 Å². The van der Waals surface area contributed by atoms with Gasteiger partial charge in [-0.1, -0.05) is 0 Å². The molecule has 1 aromatic carbocycles. The van der Waals surface area contributed by atoms with Gasteiger partial charge in [-0.2, -0.15) is 0 Å². The third-order valence-corrected chi connectivity index (χ3v) is 3.96. The highest BCUT2D eigenvalue weighted by atomic mass is 32.1. The Hall–Kier alpha value is -1.82. The Morgan fingerprint density at radius 3 is 2.76 bits per heavy atom. The lowest BCUT2D eigenvalue weighted by Gasteiger charge is -2.19. The lowest BCUT2D eigenvalue weighted by Crippen LogP contribution is -2.31. The van der Waals surface area contributed by atoms with Gasteiger partial charge >= 0.3 is 5.97 Å². The van der Waals surface area contributed by atoms with E-state index in [1.165, 1.54) is 0 Å². The van der Waals surface area contributed by atoms with E-state index in [1.54, 1.807) is 26.2 Å². The number of benzene rings is 1. The zero-order valence-corrected chi connectivity index (χ0v) is 12.8. The van der Waals surface area contributed by atoms with Gasteiger partial charge in [-0.15, -0.1) is 11.3 Å². The zero-order valence-electron chi connectivity index (χ0n) is 11.9. The summed E-state index contributed by atoms with van der Waals surface area (Å²) in [5.74, 6) is -1.49. The third-order valence-electron chi connectivity index (χ3n) is 3.09. The average molecular weight is 311 g/mol. The van der Waals surface area contributed by atoms with Crippen molar-refractivity contribution >= 4 is 17.3 Å². The minimum Gasteiger partial charge on any atom is -0.465 e. The van der Waals surface area contributed by atoms with E-state index in [0.29, 0.717) is 10.7 Å². The molecule has 21 heavy (non-hydrogen) atoms. The number of aromatic nitrogens is 1. The number of hydrogen-bond donors (Lipinski definition) is 0. The molecule has 112 valence electrons. The quantitative estimate of drug-likeness (QED) is 0.803. The van der Waals surface area contributed by atoms with Crippen molar-refractivity contribution in [2.45, 2.75) is 26.2 Å². The van der Waals surface area contributed by atoms with E-state index >= 15 is 0 Å². The van der Waals surface area contributed by atoms with Gasteiger partial charge in [0.15, 0.2) is 0 Å². The highest BCUT2D eigenvalue weighted by Crippen LogP contribution is 2.32. The van der Waals surface area contributed by atoms with E-state index in [-0.39, 0.29) is 12.2 Å². The summed E-state index contributed by atoms with van der Waals surface area (Å²) in [6, 6.07) is 3.20. The van der Waals surface area contributed by atoms with Crippen molar-refractivity contribution < 1.29 is 18.3 Å². The molecule has 2 aromatic rings. The van der Waals surface area contributed by atoms with Crippen LogP contribution in [0.2, 0.25) is 0 Å². The summed E-state index contributed by atoms with van der Waals surface area (Å²) >= 11 is 1.16. The van der Waals surface area contributed by atoms with Gasteiger partial charge in [-0.05, 0) is 39.0 Å². The summed E-state index contributed by atoms with van der Waals surface area (Å²) in [7, 11) is 0. The molecule has 0 bridgehead atoms. The van der Waals surface area contributed by atoms with Crippen LogP contribution in [-0.4, -0.2) is 17.6 Å². The molecule has 3 nitrogen and oxygen atoms in total. The molecule has 0 saturated heterocycles. The Kier molecular flexibility index (Phi) is 4.37. The summed E-state index contributed by atoms with van der Waals surface area (Å²) in [6.45, 7) is 5.37. The van der Waals surface area contributed by atoms with E-state index in [0.717, 1.165) is 29.5 Å². The molecule has 1 aromatic heterocycles. The van der Waals surface area contributed by atoms with Crippen LogP contribution >= 0.6 is 11.3 Å². The fraction of sp³-hybridized carbons (Fsp3) is 0.333. The summed E-state index contributed by atoms with van der Waals surface area (Å²) in [5.41, 5.74) is -0.371. The highest BCUT2D eigenvalue weighted by molar-refractivity contribution is 7.13. The maximum absolute atomic E-state index is 13.7. The van der Waals surface area contributed by atoms with Gasteiger partial charge in [0.25, 0.3) is 0 Å². The number of ether oxygens (including phenoxy) is 1. The van der Waals surface area contributed by atoms with Gasteiger partial charge in [0, 0.05) is 10.9 Å². The van der Waals surface area contributed by atoms with Crippen molar-refractivity contribution in [1.29, 1.82) is 0 Å². The first-order valence-electron chi connectivity index (χ1n) is 6.45. The number of carbonyl (C=O) groups excluding carboxylic acids is 1. The molecule has 6 heteroatoms. The van der Waals surface area contributed by atoms with Gasteiger partial charge < -0.3 is 4.74 Å². The number of carbonyl (C=O) groups is 1. The predicted octanol–water partition coefficient (Wildman–Crippen LogP) is 3.93. The van der Waals surface area contributed by atoms with Crippen LogP contribution in [0.3, 0.4) is 0 Å². The molecule has 0 aliphatic heterocycles. The first kappa shape index (κ1) is 15.6. The molecule has 0 spiro atoms. The summed E-state index contributed by atoms with van der Waals surface area (Å²) < 4.78 is 32.0. The van der Waals surface area contributed by atoms with E-state index in [2.05, 4.69) is 4.98 Å². The summed E-state index contributed by atoms with van der Waals surface area (Å²) in [5, 5.41) is 2.00. The number of hydrogen-bond acceptors (Lipinski definition) is 4. The van der Waals surface area contributed by atoms with E-state index in [4.69, 9.17) is 4.74 Å². The lowest BCUT2D eigenvalue weighted by atomic mass is 9.90. The molecule has 2 rings (SSSR count). The maximum Gasteiger partial charge on any atom is 0.317 e. The molecule has 0 amide bonds. The molecule has 0 aliphatic carbocycles. The van der Waals surface area contributed by atoms with Crippen LogP contribution in [0.15, 0.2) is 23.6 Å².